The van der Waals surface area contributed by atoms with Crippen molar-refractivity contribution in [3.05, 3.63) is 52.4 Å². The smallest absolute Gasteiger partial charge is 0.231 e. The highest BCUT2D eigenvalue weighted by Crippen LogP contribution is 2.44. The monoisotopic (exact) mass is 501 g/mol. The molecule has 0 spiro atoms. The van der Waals surface area contributed by atoms with E-state index >= 15 is 0 Å². The Hall–Kier alpha value is -2.29. The molecule has 3 atom stereocenters. The lowest BCUT2D eigenvalue weighted by molar-refractivity contribution is -0.133. The van der Waals surface area contributed by atoms with Crippen LogP contribution in [0, 0.1) is 0 Å². The molecule has 2 saturated heterocycles. The lowest BCUT2D eigenvalue weighted by Gasteiger charge is -2.39. The normalized spacial score (nSPS) is 24.5. The quantitative estimate of drug-likeness (QED) is 0.675. The maximum atomic E-state index is 14.4. The van der Waals surface area contributed by atoms with Crippen LogP contribution in [0.4, 0.5) is 10.2 Å². The second-order valence-electron chi connectivity index (χ2n) is 10.0. The lowest BCUT2D eigenvalue weighted by atomic mass is 9.95. The van der Waals surface area contributed by atoms with E-state index in [1.807, 2.05) is 36.1 Å². The average Bonchev–Trinajstić information content (AvgIpc) is 3.17. The zero-order valence-electron chi connectivity index (χ0n) is 20.1. The zero-order chi connectivity index (χ0) is 24.5. The van der Waals surface area contributed by atoms with Gasteiger partial charge in [-0.15, -0.1) is 0 Å². The van der Waals surface area contributed by atoms with E-state index in [1.54, 1.807) is 0 Å². The third-order valence-electron chi connectivity index (χ3n) is 7.70. The van der Waals surface area contributed by atoms with Crippen molar-refractivity contribution in [1.82, 2.24) is 19.8 Å². The molecule has 2 fully saturated rings. The molecule has 3 aliphatic rings. The van der Waals surface area contributed by atoms with Gasteiger partial charge >= 0.3 is 0 Å². The molecule has 1 aromatic heterocycles. The van der Waals surface area contributed by atoms with Crippen LogP contribution in [0.2, 0.25) is 5.02 Å². The first-order chi connectivity index (χ1) is 16.9. The number of amides is 1. The van der Waals surface area contributed by atoms with E-state index in [2.05, 4.69) is 19.8 Å². The number of anilines is 1. The van der Waals surface area contributed by atoms with Gasteiger partial charge in [0.2, 0.25) is 5.91 Å². The summed E-state index contributed by atoms with van der Waals surface area (Å²) in [5.41, 5.74) is 2.41. The van der Waals surface area contributed by atoms with Crippen molar-refractivity contribution in [2.75, 3.05) is 50.7 Å². The molecule has 7 nitrogen and oxygen atoms in total. The highest BCUT2D eigenvalue weighted by Gasteiger charge is 2.36. The Morgan fingerprint density at radius 2 is 1.80 bits per heavy atom. The maximum Gasteiger partial charge on any atom is 0.231 e. The predicted octanol–water partition coefficient (Wildman–Crippen LogP) is 3.54. The van der Waals surface area contributed by atoms with Crippen LogP contribution < -0.4 is 4.90 Å². The van der Waals surface area contributed by atoms with Crippen molar-refractivity contribution < 1.29 is 14.3 Å². The third-order valence-corrected chi connectivity index (χ3v) is 7.95. The highest BCUT2D eigenvalue weighted by molar-refractivity contribution is 6.30. The first kappa shape index (κ1) is 24.4. The molecule has 35 heavy (non-hydrogen) atoms. The number of likely N-dealkylation sites (tertiary alicyclic amines) is 1. The molecule has 1 aromatic carbocycles. The standard InChI is InChI=1S/C26H33ClFN5O2/c1-17-14-22(28)24-23(17)25(30-16-29-24)32-10-12-33(13-11-32)26(35)21(18-2-4-19(27)5-3-18)15-31-8-6-20(34)7-9-31/h2-5,16-17,20-22,34H,6-15H2,1H3/t17-,21?,22-/m1/s1. The topological polar surface area (TPSA) is 72.8 Å². The van der Waals surface area contributed by atoms with Crippen molar-refractivity contribution in [2.45, 2.75) is 50.3 Å². The molecule has 3 heterocycles. The summed E-state index contributed by atoms with van der Waals surface area (Å²) >= 11 is 6.11. The van der Waals surface area contributed by atoms with Gasteiger partial charge in [0.05, 0.1) is 17.7 Å². The van der Waals surface area contributed by atoms with Gasteiger partial charge in [0.25, 0.3) is 0 Å². The molecule has 2 aliphatic heterocycles. The van der Waals surface area contributed by atoms with Crippen LogP contribution in [0.3, 0.4) is 0 Å². The van der Waals surface area contributed by atoms with Crippen LogP contribution >= 0.6 is 11.6 Å². The summed E-state index contributed by atoms with van der Waals surface area (Å²) in [4.78, 5) is 28.9. The fourth-order valence-corrected chi connectivity index (χ4v) is 5.78. The summed E-state index contributed by atoms with van der Waals surface area (Å²) in [6.07, 6.45) is 2.12. The summed E-state index contributed by atoms with van der Waals surface area (Å²) in [6.45, 7) is 6.73. The van der Waals surface area contributed by atoms with Crippen LogP contribution in [0.1, 0.15) is 61.0 Å². The summed E-state index contributed by atoms with van der Waals surface area (Å²) in [6, 6.07) is 7.56. The Labute approximate surface area is 210 Å². The molecule has 1 aliphatic carbocycles. The van der Waals surface area contributed by atoms with Crippen LogP contribution in [-0.4, -0.2) is 82.7 Å². The Morgan fingerprint density at radius 1 is 1.11 bits per heavy atom. The number of hydrogen-bond donors (Lipinski definition) is 1. The van der Waals surface area contributed by atoms with Crippen molar-refractivity contribution in [1.29, 1.82) is 0 Å². The molecule has 0 bridgehead atoms. The number of alkyl halides is 1. The Balaban J connectivity index is 1.29. The van der Waals surface area contributed by atoms with E-state index in [-0.39, 0.29) is 23.8 Å². The number of carbonyl (C=O) groups excluding carboxylic acids is 1. The van der Waals surface area contributed by atoms with E-state index in [1.165, 1.54) is 6.33 Å². The molecular formula is C26H33ClFN5O2. The van der Waals surface area contributed by atoms with E-state index in [0.717, 1.165) is 42.9 Å². The average molecular weight is 502 g/mol. The van der Waals surface area contributed by atoms with Gasteiger partial charge < -0.3 is 19.8 Å². The molecule has 2 aromatic rings. The van der Waals surface area contributed by atoms with Crippen molar-refractivity contribution in [3.8, 4) is 0 Å². The van der Waals surface area contributed by atoms with Gasteiger partial charge in [0.1, 0.15) is 18.3 Å². The number of aromatic nitrogens is 2. The van der Waals surface area contributed by atoms with E-state index in [0.29, 0.717) is 49.9 Å². The maximum absolute atomic E-state index is 14.4. The van der Waals surface area contributed by atoms with Crippen LogP contribution in [-0.2, 0) is 4.79 Å². The Bertz CT molecular complexity index is 1040. The SMILES string of the molecule is C[C@@H]1C[C@@H](F)c2ncnc(N3CCN(C(=O)C(CN4CCC(O)CC4)c4ccc(Cl)cc4)CC3)c21. The number of aliphatic hydroxyl groups is 1. The summed E-state index contributed by atoms with van der Waals surface area (Å²) in [5.74, 6) is 0.733. The molecule has 5 rings (SSSR count). The van der Waals surface area contributed by atoms with Crippen molar-refractivity contribution in [2.24, 2.45) is 0 Å². The minimum absolute atomic E-state index is 0.0909. The minimum atomic E-state index is -1.03. The van der Waals surface area contributed by atoms with Crippen LogP contribution in [0.5, 0.6) is 0 Å². The van der Waals surface area contributed by atoms with Gasteiger partial charge in [-0.2, -0.15) is 0 Å². The predicted molar refractivity (Wildman–Crippen MR) is 134 cm³/mol. The molecular weight excluding hydrogens is 469 g/mol. The van der Waals surface area contributed by atoms with Crippen molar-refractivity contribution >= 4 is 23.3 Å². The number of carbonyl (C=O) groups is 1. The molecule has 0 saturated carbocycles. The number of fused-ring (bicyclic) bond motifs is 1. The fourth-order valence-electron chi connectivity index (χ4n) is 5.65. The number of piperidine rings is 1. The number of aliphatic hydroxyl groups excluding tert-OH is 1. The first-order valence-electron chi connectivity index (χ1n) is 12.6. The number of nitrogens with zero attached hydrogens (tertiary/aromatic N) is 5. The highest BCUT2D eigenvalue weighted by atomic mass is 35.5. The van der Waals surface area contributed by atoms with Crippen LogP contribution in [0.25, 0.3) is 0 Å². The molecule has 188 valence electrons. The Kier molecular flexibility index (Phi) is 7.23. The van der Waals surface area contributed by atoms with Gasteiger partial charge in [-0.05, 0) is 42.9 Å². The Morgan fingerprint density at radius 3 is 2.49 bits per heavy atom. The molecule has 0 radical (unpaired) electrons. The number of benzene rings is 1. The summed E-state index contributed by atoms with van der Waals surface area (Å²) in [5, 5.41) is 10.5. The number of hydrogen-bond acceptors (Lipinski definition) is 6. The number of rotatable bonds is 5. The summed E-state index contributed by atoms with van der Waals surface area (Å²) < 4.78 is 14.4. The van der Waals surface area contributed by atoms with Crippen molar-refractivity contribution in [3.63, 3.8) is 0 Å². The largest absolute Gasteiger partial charge is 0.393 e. The van der Waals surface area contributed by atoms with E-state index in [4.69, 9.17) is 11.6 Å². The zero-order valence-corrected chi connectivity index (χ0v) is 20.9. The van der Waals surface area contributed by atoms with Gasteiger partial charge in [-0.1, -0.05) is 30.7 Å². The molecule has 1 N–H and O–H groups in total. The first-order valence-corrected chi connectivity index (χ1v) is 13.0. The molecule has 9 heteroatoms. The van der Waals surface area contributed by atoms with Gasteiger partial charge in [0, 0.05) is 56.4 Å². The third kappa shape index (κ3) is 5.15. The molecule has 1 unspecified atom stereocenters. The number of piperazine rings is 1. The minimum Gasteiger partial charge on any atom is -0.393 e. The summed E-state index contributed by atoms with van der Waals surface area (Å²) in [7, 11) is 0. The van der Waals surface area contributed by atoms with Gasteiger partial charge in [0.15, 0.2) is 0 Å². The second-order valence-corrected chi connectivity index (χ2v) is 10.5. The van der Waals surface area contributed by atoms with Crippen LogP contribution in [0.15, 0.2) is 30.6 Å². The second kappa shape index (κ2) is 10.4. The van der Waals surface area contributed by atoms with Gasteiger partial charge in [-0.3, -0.25) is 4.79 Å². The fraction of sp³-hybridized carbons (Fsp3) is 0.577. The number of halogens is 2. The molecule has 1 amide bonds. The van der Waals surface area contributed by atoms with E-state index in [9.17, 15) is 14.3 Å². The van der Waals surface area contributed by atoms with Gasteiger partial charge in [-0.25, -0.2) is 14.4 Å². The lowest BCUT2D eigenvalue weighted by Crippen LogP contribution is -2.52. The van der Waals surface area contributed by atoms with E-state index < -0.39 is 6.17 Å².